The molecule has 0 aliphatic carbocycles. The van der Waals surface area contributed by atoms with E-state index in [-0.39, 0.29) is 0 Å². The van der Waals surface area contributed by atoms with Crippen molar-refractivity contribution in [2.75, 3.05) is 6.61 Å². The minimum Gasteiger partial charge on any atom is -0.457 e. The zero-order chi connectivity index (χ0) is 9.07. The molecule has 0 aromatic carbocycles. The largest absolute Gasteiger partial charge is 0.457 e. The molecule has 1 atom stereocenters. The summed E-state index contributed by atoms with van der Waals surface area (Å²) in [5.41, 5.74) is -1.01. The molecular formula is C7H14O4. The van der Waals surface area contributed by atoms with Gasteiger partial charge in [0.1, 0.15) is 11.7 Å². The predicted molar refractivity (Wildman–Crippen MR) is 38.9 cm³/mol. The molecule has 0 fully saturated rings. The lowest BCUT2D eigenvalue weighted by atomic mass is 10.0. The van der Waals surface area contributed by atoms with Gasteiger partial charge in [-0.25, -0.2) is 0 Å². The fraction of sp³-hybridized carbons (Fsp3) is 0.857. The first-order valence-corrected chi connectivity index (χ1v) is 3.38. The maximum absolute atomic E-state index is 10.5. The van der Waals surface area contributed by atoms with Crippen LogP contribution in [0.25, 0.3) is 0 Å². The second-order valence-electron chi connectivity index (χ2n) is 2.90. The molecule has 2 N–H and O–H groups in total. The summed E-state index contributed by atoms with van der Waals surface area (Å²) in [7, 11) is 0. The van der Waals surface area contributed by atoms with E-state index in [4.69, 9.17) is 14.9 Å². The number of carbonyl (C=O) groups excluding carboxylic acids is 1. The van der Waals surface area contributed by atoms with Gasteiger partial charge in [-0.2, -0.15) is 0 Å². The van der Waals surface area contributed by atoms with E-state index in [1.807, 2.05) is 0 Å². The minimum absolute atomic E-state index is 0.416. The molecule has 11 heavy (non-hydrogen) atoms. The molecule has 0 aromatic heterocycles. The monoisotopic (exact) mass is 162 g/mol. The van der Waals surface area contributed by atoms with E-state index in [1.54, 1.807) is 0 Å². The molecule has 0 aliphatic heterocycles. The normalized spacial score (nSPS) is 14.3. The van der Waals surface area contributed by atoms with E-state index >= 15 is 0 Å². The topological polar surface area (TPSA) is 66.8 Å². The van der Waals surface area contributed by atoms with Gasteiger partial charge in [0.15, 0.2) is 0 Å². The molecule has 0 aromatic rings. The first kappa shape index (κ1) is 10.4. The van der Waals surface area contributed by atoms with E-state index in [0.29, 0.717) is 0 Å². The van der Waals surface area contributed by atoms with Crippen LogP contribution in [0.1, 0.15) is 20.8 Å². The van der Waals surface area contributed by atoms with Gasteiger partial charge >= 0.3 is 5.97 Å². The van der Waals surface area contributed by atoms with E-state index in [9.17, 15) is 4.79 Å². The van der Waals surface area contributed by atoms with Gasteiger partial charge in [-0.15, -0.1) is 0 Å². The van der Waals surface area contributed by atoms with Crippen molar-refractivity contribution >= 4 is 5.97 Å². The maximum atomic E-state index is 10.5. The summed E-state index contributed by atoms with van der Waals surface area (Å²) >= 11 is 0. The van der Waals surface area contributed by atoms with Crippen molar-refractivity contribution in [3.63, 3.8) is 0 Å². The van der Waals surface area contributed by atoms with Crippen molar-refractivity contribution in [2.24, 2.45) is 0 Å². The van der Waals surface area contributed by atoms with Crippen molar-refractivity contribution in [3.05, 3.63) is 0 Å². The Balaban J connectivity index is 4.08. The zero-order valence-corrected chi connectivity index (χ0v) is 7.00. The summed E-state index contributed by atoms with van der Waals surface area (Å²) in [6, 6.07) is 0. The molecule has 66 valence electrons. The molecule has 0 spiro atoms. The lowest BCUT2D eigenvalue weighted by Crippen LogP contribution is -2.42. The van der Waals surface area contributed by atoms with Crippen LogP contribution < -0.4 is 0 Å². The predicted octanol–water partition coefficient (Wildman–Crippen LogP) is -0.319. The first-order valence-electron chi connectivity index (χ1n) is 3.38. The molecular weight excluding hydrogens is 148 g/mol. The lowest BCUT2D eigenvalue weighted by molar-refractivity contribution is -0.167. The quantitative estimate of drug-likeness (QED) is 0.558. The molecule has 0 radical (unpaired) electrons. The van der Waals surface area contributed by atoms with Crippen molar-refractivity contribution in [3.8, 4) is 0 Å². The molecule has 0 rings (SSSR count). The highest BCUT2D eigenvalue weighted by atomic mass is 16.6. The fourth-order valence-electron chi connectivity index (χ4n) is 0.658. The van der Waals surface area contributed by atoms with Crippen LogP contribution in [0.5, 0.6) is 0 Å². The van der Waals surface area contributed by atoms with Crippen molar-refractivity contribution in [1.82, 2.24) is 0 Å². The van der Waals surface area contributed by atoms with Crippen LogP contribution in [-0.2, 0) is 9.53 Å². The summed E-state index contributed by atoms with van der Waals surface area (Å²) in [6.45, 7) is 3.91. The molecule has 0 amide bonds. The minimum atomic E-state index is -1.04. The van der Waals surface area contributed by atoms with Gasteiger partial charge in [-0.3, -0.25) is 4.79 Å². The standard InChI is InChI=1S/C7H14O4/c1-5(9)11-7(2,3)6(10)4-8/h6,8,10H,4H2,1-3H3. The Hall–Kier alpha value is -0.610. The number of carbonyl (C=O) groups is 1. The number of rotatable bonds is 3. The fourth-order valence-corrected chi connectivity index (χ4v) is 0.658. The van der Waals surface area contributed by atoms with Gasteiger partial charge in [-0.1, -0.05) is 0 Å². The third kappa shape index (κ3) is 3.34. The van der Waals surface area contributed by atoms with Gasteiger partial charge in [0.2, 0.25) is 0 Å². The number of hydrogen-bond acceptors (Lipinski definition) is 4. The number of aliphatic hydroxyl groups excluding tert-OH is 2. The maximum Gasteiger partial charge on any atom is 0.303 e. The molecule has 4 heteroatoms. The van der Waals surface area contributed by atoms with Crippen molar-refractivity contribution < 1.29 is 19.7 Å². The summed E-state index contributed by atoms with van der Waals surface area (Å²) in [5.74, 6) is -0.470. The summed E-state index contributed by atoms with van der Waals surface area (Å²) in [4.78, 5) is 10.5. The second kappa shape index (κ2) is 3.69. The summed E-state index contributed by atoms with van der Waals surface area (Å²) < 4.78 is 4.74. The first-order chi connectivity index (χ1) is 4.90. The van der Waals surface area contributed by atoms with Gasteiger partial charge in [-0.05, 0) is 13.8 Å². The Bertz CT molecular complexity index is 141. The van der Waals surface area contributed by atoms with Crippen LogP contribution in [0.3, 0.4) is 0 Å². The molecule has 0 heterocycles. The van der Waals surface area contributed by atoms with E-state index < -0.39 is 24.3 Å². The Morgan fingerprint density at radius 2 is 2.09 bits per heavy atom. The average molecular weight is 162 g/mol. The molecule has 0 bridgehead atoms. The van der Waals surface area contributed by atoms with Crippen LogP contribution in [0.2, 0.25) is 0 Å². The molecule has 0 saturated heterocycles. The zero-order valence-electron chi connectivity index (χ0n) is 7.00. The van der Waals surface area contributed by atoms with E-state index in [1.165, 1.54) is 20.8 Å². The molecule has 4 nitrogen and oxygen atoms in total. The number of hydrogen-bond donors (Lipinski definition) is 2. The van der Waals surface area contributed by atoms with Gasteiger partial charge < -0.3 is 14.9 Å². The Labute approximate surface area is 65.8 Å². The smallest absolute Gasteiger partial charge is 0.303 e. The van der Waals surface area contributed by atoms with Gasteiger partial charge in [0.25, 0.3) is 0 Å². The molecule has 0 aliphatic rings. The number of aliphatic hydroxyl groups is 2. The molecule has 0 saturated carbocycles. The highest BCUT2D eigenvalue weighted by molar-refractivity contribution is 5.66. The Kier molecular flexibility index (Phi) is 3.48. The second-order valence-corrected chi connectivity index (χ2v) is 2.90. The van der Waals surface area contributed by atoms with E-state index in [2.05, 4.69) is 0 Å². The Morgan fingerprint density at radius 1 is 1.64 bits per heavy atom. The van der Waals surface area contributed by atoms with Gasteiger partial charge in [0.05, 0.1) is 6.61 Å². The van der Waals surface area contributed by atoms with Gasteiger partial charge in [0, 0.05) is 6.92 Å². The summed E-state index contributed by atoms with van der Waals surface area (Å²) in [5, 5.41) is 17.6. The van der Waals surface area contributed by atoms with Crippen LogP contribution in [-0.4, -0.2) is 34.5 Å². The van der Waals surface area contributed by atoms with Crippen LogP contribution in [0, 0.1) is 0 Å². The highest BCUT2D eigenvalue weighted by Gasteiger charge is 2.30. The lowest BCUT2D eigenvalue weighted by Gasteiger charge is -2.28. The molecule has 1 unspecified atom stereocenters. The summed E-state index contributed by atoms with van der Waals surface area (Å²) in [6.07, 6.45) is -1.04. The van der Waals surface area contributed by atoms with Crippen LogP contribution in [0.15, 0.2) is 0 Å². The number of esters is 1. The van der Waals surface area contributed by atoms with Crippen molar-refractivity contribution in [2.45, 2.75) is 32.5 Å². The van der Waals surface area contributed by atoms with Crippen LogP contribution >= 0.6 is 0 Å². The third-order valence-electron chi connectivity index (χ3n) is 1.38. The van der Waals surface area contributed by atoms with Crippen LogP contribution in [0.4, 0.5) is 0 Å². The van der Waals surface area contributed by atoms with E-state index in [0.717, 1.165) is 0 Å². The Morgan fingerprint density at radius 3 is 2.36 bits per heavy atom. The van der Waals surface area contributed by atoms with Crippen molar-refractivity contribution in [1.29, 1.82) is 0 Å². The third-order valence-corrected chi connectivity index (χ3v) is 1.38. The highest BCUT2D eigenvalue weighted by Crippen LogP contribution is 2.14. The SMILES string of the molecule is CC(=O)OC(C)(C)C(O)CO. The average Bonchev–Trinajstić information content (AvgIpc) is 1.83. The number of ether oxygens (including phenoxy) is 1.